The summed E-state index contributed by atoms with van der Waals surface area (Å²) >= 11 is 12.1. The molecule has 24 heavy (non-hydrogen) atoms. The van der Waals surface area contributed by atoms with Gasteiger partial charge < -0.3 is 14.7 Å². The predicted octanol–water partition coefficient (Wildman–Crippen LogP) is 3.76. The molecule has 0 amide bonds. The molecule has 2 N–H and O–H groups in total. The van der Waals surface area contributed by atoms with Crippen molar-refractivity contribution < 1.29 is 4.52 Å². The Bertz CT molecular complexity index is 869. The smallest absolute Gasteiger partial charge is 0.232 e. The molecule has 0 bridgehead atoms. The molecule has 0 spiro atoms. The maximum Gasteiger partial charge on any atom is 0.232 e. The van der Waals surface area contributed by atoms with Crippen LogP contribution in [0.2, 0.25) is 10.0 Å². The van der Waals surface area contributed by atoms with Crippen LogP contribution in [0.15, 0.2) is 23.0 Å². The maximum atomic E-state index is 6.35. The van der Waals surface area contributed by atoms with E-state index in [0.29, 0.717) is 33.8 Å². The third kappa shape index (κ3) is 3.11. The molecule has 9 heteroatoms. The molecule has 0 aromatic carbocycles. The third-order valence-corrected chi connectivity index (χ3v) is 4.75. The van der Waals surface area contributed by atoms with Crippen LogP contribution in [0.25, 0.3) is 5.65 Å². The second-order valence-electron chi connectivity index (χ2n) is 6.02. The molecule has 128 valence electrons. The van der Waals surface area contributed by atoms with Crippen LogP contribution in [0.1, 0.15) is 43.1 Å². The summed E-state index contributed by atoms with van der Waals surface area (Å²) in [6, 6.07) is 1.66. The molecule has 0 atom stereocenters. The summed E-state index contributed by atoms with van der Waals surface area (Å²) < 4.78 is 7.14. The highest BCUT2D eigenvalue weighted by Crippen LogP contribution is 2.34. The fourth-order valence-corrected chi connectivity index (χ4v) is 3.60. The van der Waals surface area contributed by atoms with E-state index in [1.807, 2.05) is 6.20 Å². The summed E-state index contributed by atoms with van der Waals surface area (Å²) in [6.07, 6.45) is 8.04. The van der Waals surface area contributed by atoms with E-state index in [1.54, 1.807) is 16.7 Å². The van der Waals surface area contributed by atoms with Gasteiger partial charge in [-0.05, 0) is 18.9 Å². The number of aromatic nitrogens is 4. The van der Waals surface area contributed by atoms with Crippen molar-refractivity contribution >= 4 is 41.3 Å². The first-order chi connectivity index (χ1) is 11.0. The normalized spacial score (nSPS) is 16.5. The fourth-order valence-electron chi connectivity index (χ4n) is 3.07. The second kappa shape index (κ2) is 6.52. The maximum absolute atomic E-state index is 6.35. The van der Waals surface area contributed by atoms with Crippen LogP contribution in [-0.2, 0) is 12.0 Å². The van der Waals surface area contributed by atoms with E-state index < -0.39 is 5.54 Å². The molecule has 0 unspecified atom stereocenters. The number of rotatable bonds is 3. The molecule has 1 aliphatic rings. The van der Waals surface area contributed by atoms with E-state index in [2.05, 4.69) is 15.1 Å². The standard InChI is InChI=1S/C15H15Cl2N5O.ClH/c16-9-5-11(17)13-19-10(8-22(13)7-9)6-12-20-14(21-23-12)15(18)3-1-2-4-15;/h5,7-8H,1-4,6,18H2;1H. The quantitative estimate of drug-likeness (QED) is 0.738. The lowest BCUT2D eigenvalue weighted by Crippen LogP contribution is -2.34. The first kappa shape index (κ1) is 17.5. The molecule has 0 saturated heterocycles. The molecule has 1 aliphatic carbocycles. The van der Waals surface area contributed by atoms with Gasteiger partial charge in [-0.15, -0.1) is 12.4 Å². The van der Waals surface area contributed by atoms with Crippen molar-refractivity contribution in [2.24, 2.45) is 5.73 Å². The number of fused-ring (bicyclic) bond motifs is 1. The van der Waals surface area contributed by atoms with E-state index in [-0.39, 0.29) is 12.4 Å². The molecule has 4 rings (SSSR count). The van der Waals surface area contributed by atoms with Crippen LogP contribution in [0, 0.1) is 0 Å². The predicted molar refractivity (Wildman–Crippen MR) is 93.9 cm³/mol. The minimum Gasteiger partial charge on any atom is -0.339 e. The van der Waals surface area contributed by atoms with Gasteiger partial charge in [-0.3, -0.25) is 0 Å². The van der Waals surface area contributed by atoms with Crippen molar-refractivity contribution in [1.29, 1.82) is 0 Å². The van der Waals surface area contributed by atoms with E-state index in [4.69, 9.17) is 33.5 Å². The Morgan fingerprint density at radius 2 is 1.96 bits per heavy atom. The summed E-state index contributed by atoms with van der Waals surface area (Å²) in [5, 5.41) is 5.11. The van der Waals surface area contributed by atoms with Gasteiger partial charge in [0.15, 0.2) is 11.5 Å². The molecular weight excluding hydrogens is 373 g/mol. The molecule has 0 radical (unpaired) electrons. The summed E-state index contributed by atoms with van der Waals surface area (Å²) in [5.74, 6) is 1.09. The van der Waals surface area contributed by atoms with Gasteiger partial charge in [0.2, 0.25) is 5.89 Å². The molecule has 3 aromatic rings. The number of halogens is 3. The van der Waals surface area contributed by atoms with Crippen molar-refractivity contribution in [3.63, 3.8) is 0 Å². The first-order valence-corrected chi connectivity index (χ1v) is 8.24. The van der Waals surface area contributed by atoms with Crippen molar-refractivity contribution in [3.05, 3.63) is 45.9 Å². The molecule has 3 heterocycles. The Morgan fingerprint density at radius 1 is 1.21 bits per heavy atom. The fraction of sp³-hybridized carbons (Fsp3) is 0.400. The van der Waals surface area contributed by atoms with Crippen LogP contribution in [0.4, 0.5) is 0 Å². The van der Waals surface area contributed by atoms with Crippen LogP contribution < -0.4 is 5.73 Å². The number of hydrogen-bond acceptors (Lipinski definition) is 5. The summed E-state index contributed by atoms with van der Waals surface area (Å²) in [5.41, 5.74) is 7.33. The molecule has 0 aliphatic heterocycles. The van der Waals surface area contributed by atoms with Crippen molar-refractivity contribution in [2.45, 2.75) is 37.6 Å². The molecule has 3 aromatic heterocycles. The minimum absolute atomic E-state index is 0. The zero-order valence-corrected chi connectivity index (χ0v) is 15.0. The summed E-state index contributed by atoms with van der Waals surface area (Å²) in [7, 11) is 0. The summed E-state index contributed by atoms with van der Waals surface area (Å²) in [4.78, 5) is 8.94. The SMILES string of the molecule is Cl.NC1(c2noc(Cc3cn4cc(Cl)cc(Cl)c4n3)n2)CCCC1. The lowest BCUT2D eigenvalue weighted by Gasteiger charge is -2.17. The molecular formula is C15H16Cl3N5O. The lowest BCUT2D eigenvalue weighted by molar-refractivity contribution is 0.352. The minimum atomic E-state index is -0.447. The van der Waals surface area contributed by atoms with Crippen LogP contribution >= 0.6 is 35.6 Å². The van der Waals surface area contributed by atoms with Gasteiger partial charge in [0.1, 0.15) is 0 Å². The Balaban J connectivity index is 0.00000169. The van der Waals surface area contributed by atoms with Crippen molar-refractivity contribution in [1.82, 2.24) is 19.5 Å². The zero-order valence-electron chi connectivity index (χ0n) is 12.7. The Kier molecular flexibility index (Phi) is 4.75. The van der Waals surface area contributed by atoms with Crippen molar-refractivity contribution in [2.75, 3.05) is 0 Å². The van der Waals surface area contributed by atoms with Gasteiger partial charge in [0.05, 0.1) is 27.7 Å². The van der Waals surface area contributed by atoms with Gasteiger partial charge in [-0.1, -0.05) is 41.2 Å². The Labute approximate surface area is 154 Å². The Morgan fingerprint density at radius 3 is 2.71 bits per heavy atom. The average Bonchev–Trinajstić information content (AvgIpc) is 3.19. The molecule has 1 saturated carbocycles. The van der Waals surface area contributed by atoms with Crippen LogP contribution in [0.5, 0.6) is 0 Å². The largest absolute Gasteiger partial charge is 0.339 e. The molecule has 6 nitrogen and oxygen atoms in total. The highest BCUT2D eigenvalue weighted by Gasteiger charge is 2.35. The van der Waals surface area contributed by atoms with E-state index in [9.17, 15) is 0 Å². The zero-order chi connectivity index (χ0) is 16.0. The van der Waals surface area contributed by atoms with Crippen LogP contribution in [-0.4, -0.2) is 19.5 Å². The number of hydrogen-bond donors (Lipinski definition) is 1. The summed E-state index contributed by atoms with van der Waals surface area (Å²) in [6.45, 7) is 0. The number of imidazole rings is 1. The van der Waals surface area contributed by atoms with Gasteiger partial charge in [0.25, 0.3) is 0 Å². The number of nitrogens with two attached hydrogens (primary N) is 1. The highest BCUT2D eigenvalue weighted by molar-refractivity contribution is 6.36. The third-order valence-electron chi connectivity index (χ3n) is 4.26. The van der Waals surface area contributed by atoms with E-state index in [0.717, 1.165) is 31.4 Å². The number of nitrogens with zero attached hydrogens (tertiary/aromatic N) is 4. The Hall–Kier alpha value is -1.34. The second-order valence-corrected chi connectivity index (χ2v) is 6.86. The van der Waals surface area contributed by atoms with Gasteiger partial charge in [-0.25, -0.2) is 4.98 Å². The van der Waals surface area contributed by atoms with E-state index >= 15 is 0 Å². The van der Waals surface area contributed by atoms with Crippen LogP contribution in [0.3, 0.4) is 0 Å². The lowest BCUT2D eigenvalue weighted by atomic mass is 9.99. The first-order valence-electron chi connectivity index (χ1n) is 7.48. The van der Waals surface area contributed by atoms with Gasteiger partial charge in [-0.2, -0.15) is 4.98 Å². The van der Waals surface area contributed by atoms with E-state index in [1.165, 1.54) is 0 Å². The number of pyridine rings is 1. The highest BCUT2D eigenvalue weighted by atomic mass is 35.5. The topological polar surface area (TPSA) is 82.2 Å². The van der Waals surface area contributed by atoms with Gasteiger partial charge in [0, 0.05) is 12.4 Å². The van der Waals surface area contributed by atoms with Gasteiger partial charge >= 0.3 is 0 Å². The average molecular weight is 389 g/mol. The molecule has 1 fully saturated rings. The monoisotopic (exact) mass is 387 g/mol. The van der Waals surface area contributed by atoms with Crippen molar-refractivity contribution in [3.8, 4) is 0 Å².